The molecule has 2 unspecified atom stereocenters. The van der Waals surface area contributed by atoms with Crippen LogP contribution >= 0.6 is 0 Å². The molecule has 3 amide bonds. The molecule has 3 aromatic carbocycles. The van der Waals surface area contributed by atoms with Gasteiger partial charge in [0.1, 0.15) is 17.7 Å². The van der Waals surface area contributed by atoms with E-state index in [4.69, 9.17) is 11.2 Å². The van der Waals surface area contributed by atoms with Crippen molar-refractivity contribution >= 4 is 34.4 Å². The van der Waals surface area contributed by atoms with Crippen LogP contribution in [-0.4, -0.2) is 46.2 Å². The monoisotopic (exact) mass is 515 g/mol. The first-order valence-electron chi connectivity index (χ1n) is 12.2. The van der Waals surface area contributed by atoms with Gasteiger partial charge in [-0.15, -0.1) is 0 Å². The number of nitrogens with zero attached hydrogens (tertiary/aromatic N) is 1. The molecule has 198 valence electrons. The molecule has 2 atom stereocenters. The smallest absolute Gasteiger partial charge is 0.408 e. The number of aliphatic hydroxyl groups is 1. The van der Waals surface area contributed by atoms with Gasteiger partial charge in [0, 0.05) is 11.7 Å². The molecule has 0 bridgehead atoms. The number of ether oxygens (including phenoxy) is 1. The lowest BCUT2D eigenvalue weighted by Gasteiger charge is -2.30. The summed E-state index contributed by atoms with van der Waals surface area (Å²) in [6.07, 6.45) is 4.87. The van der Waals surface area contributed by atoms with Gasteiger partial charge in [0.2, 0.25) is 0 Å². The highest BCUT2D eigenvalue weighted by Crippen LogP contribution is 2.27. The molecule has 0 aromatic heterocycles. The van der Waals surface area contributed by atoms with Gasteiger partial charge in [-0.05, 0) is 63.1 Å². The Hall–Kier alpha value is -4.35. The molecular weight excluding hydrogens is 482 g/mol. The average Bonchev–Trinajstić information content (AvgIpc) is 2.83. The minimum atomic E-state index is -1.43. The summed E-state index contributed by atoms with van der Waals surface area (Å²) in [6, 6.07) is 18.3. The van der Waals surface area contributed by atoms with Crippen molar-refractivity contribution in [3.8, 4) is 12.5 Å². The number of alkyl carbamates (subject to hydrolysis) is 1. The van der Waals surface area contributed by atoms with E-state index in [1.807, 2.05) is 56.3 Å². The van der Waals surface area contributed by atoms with Crippen molar-refractivity contribution in [1.29, 1.82) is 0 Å². The Balaban J connectivity index is 1.97. The van der Waals surface area contributed by atoms with Crippen LogP contribution in [0.25, 0.3) is 10.8 Å². The van der Waals surface area contributed by atoms with E-state index < -0.39 is 42.2 Å². The number of aliphatic hydroxyl groups excluding tert-OH is 1. The van der Waals surface area contributed by atoms with Gasteiger partial charge in [0.25, 0.3) is 11.8 Å². The van der Waals surface area contributed by atoms with Crippen molar-refractivity contribution in [3.63, 3.8) is 0 Å². The lowest BCUT2D eigenvalue weighted by Crippen LogP contribution is -2.52. The molecule has 0 aliphatic heterocycles. The molecule has 8 heteroatoms. The van der Waals surface area contributed by atoms with Crippen LogP contribution in [0.5, 0.6) is 0 Å². The lowest BCUT2D eigenvalue weighted by molar-refractivity contribution is -0.137. The van der Waals surface area contributed by atoms with Crippen LogP contribution in [-0.2, 0) is 14.3 Å². The van der Waals surface area contributed by atoms with Crippen molar-refractivity contribution in [2.75, 3.05) is 11.9 Å². The molecule has 0 spiro atoms. The average molecular weight is 516 g/mol. The number of carbonyl (C=O) groups excluding carboxylic acids is 3. The van der Waals surface area contributed by atoms with Crippen molar-refractivity contribution in [1.82, 2.24) is 10.2 Å². The zero-order valence-electron chi connectivity index (χ0n) is 22.2. The molecular formula is C30H33N3O5. The van der Waals surface area contributed by atoms with E-state index in [1.165, 1.54) is 0 Å². The maximum atomic E-state index is 13.7. The van der Waals surface area contributed by atoms with Gasteiger partial charge in [0.15, 0.2) is 0 Å². The fraction of sp³-hybridized carbons (Fsp3) is 0.300. The molecule has 0 saturated carbocycles. The maximum Gasteiger partial charge on any atom is 0.408 e. The number of anilines is 1. The van der Waals surface area contributed by atoms with E-state index in [9.17, 15) is 19.5 Å². The number of aryl methyl sites for hydroxylation is 2. The third-order valence-corrected chi connectivity index (χ3v) is 5.63. The van der Waals surface area contributed by atoms with E-state index >= 15 is 0 Å². The number of fused-ring (bicyclic) bond motifs is 1. The van der Waals surface area contributed by atoms with E-state index in [1.54, 1.807) is 39.0 Å². The normalized spacial score (nSPS) is 12.7. The fourth-order valence-electron chi connectivity index (χ4n) is 4.13. The number of benzene rings is 3. The highest BCUT2D eigenvalue weighted by molar-refractivity contribution is 6.01. The zero-order valence-corrected chi connectivity index (χ0v) is 22.2. The molecule has 0 heterocycles. The Morgan fingerprint density at radius 2 is 1.63 bits per heavy atom. The van der Waals surface area contributed by atoms with Crippen molar-refractivity contribution in [3.05, 3.63) is 77.4 Å². The van der Waals surface area contributed by atoms with Gasteiger partial charge in [-0.2, -0.15) is 0 Å². The Morgan fingerprint density at radius 1 is 1.00 bits per heavy atom. The molecule has 0 fully saturated rings. The predicted octanol–water partition coefficient (Wildman–Crippen LogP) is 4.44. The molecule has 3 rings (SSSR count). The molecule has 8 nitrogen and oxygen atoms in total. The second-order valence-electron chi connectivity index (χ2n) is 10.1. The first-order chi connectivity index (χ1) is 17.9. The number of rotatable bonds is 7. The van der Waals surface area contributed by atoms with E-state index in [0.29, 0.717) is 11.3 Å². The SMILES string of the molecule is C#CN(C(=O)C(CO)NC(=O)OC(C)(C)C)C(C(=O)Nc1ccc2ccccc2c1)c1cc(C)cc(C)c1. The van der Waals surface area contributed by atoms with Crippen LogP contribution in [0.1, 0.15) is 43.5 Å². The van der Waals surface area contributed by atoms with Crippen LogP contribution in [0, 0.1) is 26.3 Å². The number of nitrogens with one attached hydrogen (secondary N) is 2. The second kappa shape index (κ2) is 11.8. The summed E-state index contributed by atoms with van der Waals surface area (Å²) in [5, 5.41) is 17.1. The largest absolute Gasteiger partial charge is 0.444 e. The minimum absolute atomic E-state index is 0.487. The van der Waals surface area contributed by atoms with Gasteiger partial charge in [0.05, 0.1) is 6.61 Å². The number of hydrogen-bond acceptors (Lipinski definition) is 5. The number of amides is 3. The second-order valence-corrected chi connectivity index (χ2v) is 10.1. The fourth-order valence-corrected chi connectivity index (χ4v) is 4.13. The number of carbonyl (C=O) groups is 3. The summed E-state index contributed by atoms with van der Waals surface area (Å²) < 4.78 is 5.21. The highest BCUT2D eigenvalue weighted by Gasteiger charge is 2.36. The van der Waals surface area contributed by atoms with E-state index in [-0.39, 0.29) is 0 Å². The van der Waals surface area contributed by atoms with Crippen LogP contribution in [0.4, 0.5) is 10.5 Å². The van der Waals surface area contributed by atoms with Gasteiger partial charge < -0.3 is 20.5 Å². The Labute approximate surface area is 223 Å². The van der Waals surface area contributed by atoms with Crippen LogP contribution in [0.2, 0.25) is 0 Å². The van der Waals surface area contributed by atoms with Crippen molar-refractivity contribution in [2.24, 2.45) is 0 Å². The predicted molar refractivity (Wildman–Crippen MR) is 147 cm³/mol. The first kappa shape index (κ1) is 28.2. The van der Waals surface area contributed by atoms with Crippen molar-refractivity contribution in [2.45, 2.75) is 52.3 Å². The van der Waals surface area contributed by atoms with Gasteiger partial charge in [-0.3, -0.25) is 14.5 Å². The standard InChI is InChI=1S/C30H33N3O5/c1-7-33(28(36)25(18-34)32-29(37)38-30(4,5)6)26(23-15-19(2)14-20(3)16-23)27(35)31-24-13-12-21-10-8-9-11-22(21)17-24/h1,8-17,25-26,34H,18H2,2-6H3,(H,31,35)(H,32,37). The highest BCUT2D eigenvalue weighted by atomic mass is 16.6. The zero-order chi connectivity index (χ0) is 28.0. The van der Waals surface area contributed by atoms with Crippen LogP contribution < -0.4 is 10.6 Å². The third-order valence-electron chi connectivity index (χ3n) is 5.63. The molecule has 38 heavy (non-hydrogen) atoms. The Morgan fingerprint density at radius 3 is 2.21 bits per heavy atom. The quantitative estimate of drug-likeness (QED) is 0.319. The Kier molecular flexibility index (Phi) is 8.76. The molecule has 3 aromatic rings. The summed E-state index contributed by atoms with van der Waals surface area (Å²) in [6.45, 7) is 8.01. The Bertz CT molecular complexity index is 1370. The summed E-state index contributed by atoms with van der Waals surface area (Å²) in [7, 11) is 0. The van der Waals surface area contributed by atoms with Gasteiger partial charge >= 0.3 is 6.09 Å². The van der Waals surface area contributed by atoms with Crippen molar-refractivity contribution < 1.29 is 24.2 Å². The molecule has 0 saturated heterocycles. The minimum Gasteiger partial charge on any atom is -0.444 e. The van der Waals surface area contributed by atoms with E-state index in [2.05, 4.69) is 16.7 Å². The topological polar surface area (TPSA) is 108 Å². The van der Waals surface area contributed by atoms with Crippen LogP contribution in [0.3, 0.4) is 0 Å². The third kappa shape index (κ3) is 7.11. The molecule has 0 aliphatic carbocycles. The number of hydrogen-bond donors (Lipinski definition) is 3. The lowest BCUT2D eigenvalue weighted by atomic mass is 9.98. The first-order valence-corrected chi connectivity index (χ1v) is 12.2. The summed E-state index contributed by atoms with van der Waals surface area (Å²) in [5.74, 6) is -1.38. The molecule has 3 N–H and O–H groups in total. The number of terminal acetylenes is 1. The molecule has 0 radical (unpaired) electrons. The van der Waals surface area contributed by atoms with Crippen LogP contribution in [0.15, 0.2) is 60.7 Å². The van der Waals surface area contributed by atoms with Gasteiger partial charge in [-0.1, -0.05) is 66.1 Å². The summed E-state index contributed by atoms with van der Waals surface area (Å²) >= 11 is 0. The molecule has 0 aliphatic rings. The van der Waals surface area contributed by atoms with Gasteiger partial charge in [-0.25, -0.2) is 4.79 Å². The maximum absolute atomic E-state index is 13.7. The summed E-state index contributed by atoms with van der Waals surface area (Å²) in [5.41, 5.74) is 1.94. The van der Waals surface area contributed by atoms with E-state index in [0.717, 1.165) is 26.8 Å². The summed E-state index contributed by atoms with van der Waals surface area (Å²) in [4.78, 5) is 40.4.